The van der Waals surface area contributed by atoms with Crippen LogP contribution < -0.4 is 5.56 Å². The van der Waals surface area contributed by atoms with Crippen molar-refractivity contribution in [2.45, 2.75) is 0 Å². The average Bonchev–Trinajstić information content (AvgIpc) is 2.55. The molecule has 106 valence electrons. The Morgan fingerprint density at radius 3 is 2.68 bits per heavy atom. The van der Waals surface area contributed by atoms with Gasteiger partial charge in [-0.25, -0.2) is 4.98 Å². The van der Waals surface area contributed by atoms with E-state index in [2.05, 4.69) is 9.97 Å². The van der Waals surface area contributed by atoms with Crippen LogP contribution in [0.5, 0.6) is 5.75 Å². The number of nitrogens with zero attached hydrogens (tertiary/aromatic N) is 1. The third-order valence-electron chi connectivity index (χ3n) is 3.82. The number of phenols is 1. The van der Waals surface area contributed by atoms with Crippen LogP contribution in [0.15, 0.2) is 65.7 Å². The Morgan fingerprint density at radius 1 is 0.955 bits per heavy atom. The molecule has 0 aliphatic heterocycles. The number of nitrogens with one attached hydrogen (secondary N) is 1. The zero-order valence-corrected chi connectivity index (χ0v) is 11.6. The Kier molecular flexibility index (Phi) is 2.69. The number of hydrogen-bond donors (Lipinski definition) is 2. The van der Waals surface area contributed by atoms with Crippen LogP contribution >= 0.6 is 0 Å². The molecule has 0 unspecified atom stereocenters. The first-order valence-electron chi connectivity index (χ1n) is 6.92. The Balaban J connectivity index is 2.09. The summed E-state index contributed by atoms with van der Waals surface area (Å²) in [5.41, 5.74) is 1.81. The molecule has 4 aromatic rings. The number of benzene rings is 3. The number of aromatic amines is 1. The third kappa shape index (κ3) is 1.85. The van der Waals surface area contributed by atoms with E-state index in [0.717, 1.165) is 21.9 Å². The molecule has 0 atom stereocenters. The molecule has 0 aliphatic rings. The molecular formula is C18H12N2O2. The van der Waals surface area contributed by atoms with E-state index in [1.54, 1.807) is 12.1 Å². The van der Waals surface area contributed by atoms with Crippen molar-refractivity contribution in [3.8, 4) is 16.9 Å². The summed E-state index contributed by atoms with van der Waals surface area (Å²) in [5, 5.41) is 12.8. The Morgan fingerprint density at radius 2 is 1.77 bits per heavy atom. The topological polar surface area (TPSA) is 66.0 Å². The number of phenolic OH excluding ortho intramolecular Hbond substituents is 1. The van der Waals surface area contributed by atoms with Gasteiger partial charge in [-0.3, -0.25) is 4.79 Å². The van der Waals surface area contributed by atoms with Gasteiger partial charge in [0.2, 0.25) is 0 Å². The molecule has 4 nitrogen and oxygen atoms in total. The van der Waals surface area contributed by atoms with Crippen molar-refractivity contribution >= 4 is 21.7 Å². The van der Waals surface area contributed by atoms with Crippen LogP contribution in [0.25, 0.3) is 32.8 Å². The highest BCUT2D eigenvalue weighted by atomic mass is 16.3. The molecule has 0 fully saturated rings. The predicted molar refractivity (Wildman–Crippen MR) is 87.0 cm³/mol. The van der Waals surface area contributed by atoms with E-state index in [0.29, 0.717) is 10.9 Å². The molecule has 0 saturated heterocycles. The van der Waals surface area contributed by atoms with E-state index < -0.39 is 0 Å². The fraction of sp³-hybridized carbons (Fsp3) is 0. The fourth-order valence-electron chi connectivity index (χ4n) is 2.79. The summed E-state index contributed by atoms with van der Waals surface area (Å²) < 4.78 is 0. The first-order valence-corrected chi connectivity index (χ1v) is 6.92. The molecule has 2 N–H and O–H groups in total. The fourth-order valence-corrected chi connectivity index (χ4v) is 2.79. The second-order valence-corrected chi connectivity index (χ2v) is 5.15. The Labute approximate surface area is 125 Å². The van der Waals surface area contributed by atoms with Gasteiger partial charge in [-0.1, -0.05) is 42.5 Å². The molecular weight excluding hydrogens is 276 g/mol. The van der Waals surface area contributed by atoms with Crippen LogP contribution in [0.2, 0.25) is 0 Å². The highest BCUT2D eigenvalue weighted by molar-refractivity contribution is 5.99. The van der Waals surface area contributed by atoms with Crippen LogP contribution in [0, 0.1) is 0 Å². The van der Waals surface area contributed by atoms with Gasteiger partial charge in [0, 0.05) is 0 Å². The summed E-state index contributed by atoms with van der Waals surface area (Å²) in [6.07, 6.45) is 1.29. The Bertz CT molecular complexity index is 1060. The lowest BCUT2D eigenvalue weighted by Gasteiger charge is -2.09. The smallest absolute Gasteiger partial charge is 0.258 e. The van der Waals surface area contributed by atoms with E-state index in [4.69, 9.17) is 0 Å². The number of hydrogen-bond acceptors (Lipinski definition) is 3. The highest BCUT2D eigenvalue weighted by Gasteiger charge is 2.10. The van der Waals surface area contributed by atoms with Crippen molar-refractivity contribution in [3.05, 3.63) is 71.3 Å². The van der Waals surface area contributed by atoms with Crippen LogP contribution in [0.3, 0.4) is 0 Å². The van der Waals surface area contributed by atoms with E-state index in [9.17, 15) is 9.90 Å². The number of aromatic hydroxyl groups is 1. The van der Waals surface area contributed by atoms with Crippen LogP contribution in [0.1, 0.15) is 0 Å². The summed E-state index contributed by atoms with van der Waals surface area (Å²) in [6.45, 7) is 0. The summed E-state index contributed by atoms with van der Waals surface area (Å²) in [6, 6.07) is 17.4. The molecule has 4 heteroatoms. The predicted octanol–water partition coefficient (Wildman–Crippen LogP) is 3.45. The number of rotatable bonds is 1. The van der Waals surface area contributed by atoms with Crippen molar-refractivity contribution in [1.29, 1.82) is 0 Å². The summed E-state index contributed by atoms with van der Waals surface area (Å²) in [7, 11) is 0. The quantitative estimate of drug-likeness (QED) is 0.564. The minimum absolute atomic E-state index is 0.00605. The van der Waals surface area contributed by atoms with Crippen LogP contribution in [-0.4, -0.2) is 15.1 Å². The molecule has 4 rings (SSSR count). The zero-order chi connectivity index (χ0) is 15.1. The molecule has 0 aliphatic carbocycles. The van der Waals surface area contributed by atoms with Crippen molar-refractivity contribution in [1.82, 2.24) is 9.97 Å². The zero-order valence-electron chi connectivity index (χ0n) is 11.6. The van der Waals surface area contributed by atoms with E-state index in [-0.39, 0.29) is 11.3 Å². The van der Waals surface area contributed by atoms with E-state index >= 15 is 0 Å². The summed E-state index contributed by atoms with van der Waals surface area (Å²) >= 11 is 0. The van der Waals surface area contributed by atoms with Gasteiger partial charge < -0.3 is 10.1 Å². The summed E-state index contributed by atoms with van der Waals surface area (Å²) in [5.74, 6) is 0.00605. The second kappa shape index (κ2) is 4.70. The van der Waals surface area contributed by atoms with Gasteiger partial charge in [-0.2, -0.15) is 0 Å². The third-order valence-corrected chi connectivity index (χ3v) is 3.82. The lowest BCUT2D eigenvalue weighted by molar-refractivity contribution is 0.480. The molecule has 1 heterocycles. The lowest BCUT2D eigenvalue weighted by Crippen LogP contribution is -2.06. The van der Waals surface area contributed by atoms with Gasteiger partial charge >= 0.3 is 0 Å². The molecule has 0 saturated carbocycles. The first-order chi connectivity index (χ1) is 10.7. The largest absolute Gasteiger partial charge is 0.506 e. The molecule has 22 heavy (non-hydrogen) atoms. The molecule has 1 aromatic heterocycles. The SMILES string of the molecule is O=c1[nH]cnc2c(O)cc(-c3cccc4ccccc34)cc12. The summed E-state index contributed by atoms with van der Waals surface area (Å²) in [4.78, 5) is 18.5. The highest BCUT2D eigenvalue weighted by Crippen LogP contribution is 2.33. The normalized spacial score (nSPS) is 11.1. The number of aromatic nitrogens is 2. The average molecular weight is 288 g/mol. The maximum Gasteiger partial charge on any atom is 0.258 e. The monoisotopic (exact) mass is 288 g/mol. The van der Waals surface area contributed by atoms with E-state index in [1.807, 2.05) is 42.5 Å². The van der Waals surface area contributed by atoms with Crippen molar-refractivity contribution in [3.63, 3.8) is 0 Å². The van der Waals surface area contributed by atoms with Gasteiger partial charge in [-0.15, -0.1) is 0 Å². The van der Waals surface area contributed by atoms with Gasteiger partial charge in [0.1, 0.15) is 11.3 Å². The molecule has 0 amide bonds. The van der Waals surface area contributed by atoms with Gasteiger partial charge in [0.05, 0.1) is 11.7 Å². The minimum Gasteiger partial charge on any atom is -0.506 e. The van der Waals surface area contributed by atoms with Crippen LogP contribution in [-0.2, 0) is 0 Å². The molecule has 0 spiro atoms. The van der Waals surface area contributed by atoms with Crippen molar-refractivity contribution in [2.75, 3.05) is 0 Å². The van der Waals surface area contributed by atoms with Gasteiger partial charge in [0.25, 0.3) is 5.56 Å². The number of H-pyrrole nitrogens is 1. The maximum absolute atomic E-state index is 12.0. The van der Waals surface area contributed by atoms with Gasteiger partial charge in [-0.05, 0) is 34.0 Å². The van der Waals surface area contributed by atoms with Gasteiger partial charge in [0.15, 0.2) is 0 Å². The Hall–Kier alpha value is -3.14. The number of fused-ring (bicyclic) bond motifs is 2. The maximum atomic E-state index is 12.0. The van der Waals surface area contributed by atoms with Crippen LogP contribution in [0.4, 0.5) is 0 Å². The molecule has 0 bridgehead atoms. The molecule has 0 radical (unpaired) electrons. The first kappa shape index (κ1) is 12.6. The van der Waals surface area contributed by atoms with Crippen molar-refractivity contribution in [2.24, 2.45) is 0 Å². The standard InChI is InChI=1S/C18H12N2O2/c21-16-9-12(8-15-17(16)19-10-20-18(15)22)14-7-3-5-11-4-1-2-6-13(11)14/h1-10,21H,(H,19,20,22). The molecule has 3 aromatic carbocycles. The lowest BCUT2D eigenvalue weighted by atomic mass is 9.97. The van der Waals surface area contributed by atoms with Crippen molar-refractivity contribution < 1.29 is 5.11 Å². The second-order valence-electron chi connectivity index (χ2n) is 5.15. The van der Waals surface area contributed by atoms with E-state index in [1.165, 1.54) is 6.33 Å². The minimum atomic E-state index is -0.262.